The summed E-state index contributed by atoms with van der Waals surface area (Å²) >= 11 is 0. The normalized spacial score (nSPS) is 37.7. The van der Waals surface area contributed by atoms with E-state index in [0.29, 0.717) is 19.3 Å². The minimum atomic E-state index is -0.556. The Morgan fingerprint density at radius 3 is 2.20 bits per heavy atom. The Morgan fingerprint density at radius 2 is 1.87 bits per heavy atom. The number of carbonyl (C=O) groups is 1. The molecule has 1 amide bonds. The molecular formula is C10H18N2O3. The van der Waals surface area contributed by atoms with Gasteiger partial charge >= 0.3 is 6.09 Å². The van der Waals surface area contributed by atoms with Crippen LogP contribution in [-0.2, 0) is 4.74 Å². The topological polar surface area (TPSA) is 75.8 Å². The summed E-state index contributed by atoms with van der Waals surface area (Å²) in [6.07, 6.45) is 1.23. The Kier molecular flexibility index (Phi) is 1.89. The number of hydrogen-bond acceptors (Lipinski definition) is 4. The van der Waals surface area contributed by atoms with E-state index in [1.807, 2.05) is 0 Å². The van der Waals surface area contributed by atoms with E-state index in [9.17, 15) is 9.90 Å². The van der Waals surface area contributed by atoms with Crippen molar-refractivity contribution in [2.45, 2.75) is 56.8 Å². The third-order valence-corrected chi connectivity index (χ3v) is 3.08. The van der Waals surface area contributed by atoms with E-state index < -0.39 is 17.3 Å². The molecule has 0 aromatic heterocycles. The van der Waals surface area contributed by atoms with E-state index in [1.54, 1.807) is 20.8 Å². The molecule has 0 aromatic carbocycles. The standard InChI is InChI=1S/C10H18N2O3/c1-8(2,3)15-7(13)12(11)9-4-10(14,5-9)6-9/h14H,4-6,11H2,1-3H3. The van der Waals surface area contributed by atoms with Crippen molar-refractivity contribution in [3.8, 4) is 0 Å². The van der Waals surface area contributed by atoms with Gasteiger partial charge in [0.15, 0.2) is 0 Å². The summed E-state index contributed by atoms with van der Waals surface area (Å²) in [7, 11) is 0. The molecule has 0 unspecified atom stereocenters. The van der Waals surface area contributed by atoms with Crippen LogP contribution in [0.15, 0.2) is 0 Å². The SMILES string of the molecule is CC(C)(C)OC(=O)N(N)C12CC(O)(C1)C2. The largest absolute Gasteiger partial charge is 0.443 e. The van der Waals surface area contributed by atoms with Crippen molar-refractivity contribution in [1.82, 2.24) is 5.01 Å². The van der Waals surface area contributed by atoms with Crippen molar-refractivity contribution in [3.05, 3.63) is 0 Å². The highest BCUT2D eigenvalue weighted by Crippen LogP contribution is 2.62. The van der Waals surface area contributed by atoms with Crippen molar-refractivity contribution in [2.75, 3.05) is 0 Å². The predicted molar refractivity (Wildman–Crippen MR) is 53.8 cm³/mol. The molecule has 0 spiro atoms. The number of nitrogens with zero attached hydrogens (tertiary/aromatic N) is 1. The van der Waals surface area contributed by atoms with E-state index in [2.05, 4.69) is 0 Å². The fourth-order valence-electron chi connectivity index (χ4n) is 2.44. The molecule has 5 nitrogen and oxygen atoms in total. The van der Waals surface area contributed by atoms with E-state index in [0.717, 1.165) is 5.01 Å². The van der Waals surface area contributed by atoms with E-state index in [1.165, 1.54) is 0 Å². The van der Waals surface area contributed by atoms with Crippen LogP contribution in [-0.4, -0.2) is 32.9 Å². The Balaban J connectivity index is 1.92. The number of ether oxygens (including phenoxy) is 1. The summed E-state index contributed by atoms with van der Waals surface area (Å²) in [5.41, 5.74) is -1.42. The molecule has 3 saturated carbocycles. The third-order valence-electron chi connectivity index (χ3n) is 3.08. The first kappa shape index (κ1) is 10.7. The molecule has 15 heavy (non-hydrogen) atoms. The zero-order valence-corrected chi connectivity index (χ0v) is 9.41. The minimum absolute atomic E-state index is 0.336. The molecule has 3 aliphatic rings. The van der Waals surface area contributed by atoms with E-state index >= 15 is 0 Å². The van der Waals surface area contributed by atoms with Gasteiger partial charge in [0.2, 0.25) is 0 Å². The highest BCUT2D eigenvalue weighted by atomic mass is 16.6. The Hall–Kier alpha value is -0.810. The van der Waals surface area contributed by atoms with Gasteiger partial charge < -0.3 is 9.84 Å². The monoisotopic (exact) mass is 214 g/mol. The van der Waals surface area contributed by atoms with Crippen molar-refractivity contribution in [1.29, 1.82) is 0 Å². The van der Waals surface area contributed by atoms with Crippen molar-refractivity contribution >= 4 is 6.09 Å². The summed E-state index contributed by atoms with van der Waals surface area (Å²) in [6, 6.07) is 0. The first-order valence-electron chi connectivity index (χ1n) is 5.16. The van der Waals surface area contributed by atoms with Crippen molar-refractivity contribution in [3.63, 3.8) is 0 Å². The highest BCUT2D eigenvalue weighted by molar-refractivity contribution is 5.69. The van der Waals surface area contributed by atoms with Gasteiger partial charge in [0.05, 0.1) is 11.1 Å². The molecule has 86 valence electrons. The van der Waals surface area contributed by atoms with Gasteiger partial charge in [-0.15, -0.1) is 0 Å². The predicted octanol–water partition coefficient (Wildman–Crippen LogP) is 0.765. The zero-order chi connectivity index (χ0) is 11.5. The summed E-state index contributed by atoms with van der Waals surface area (Å²) in [4.78, 5) is 11.6. The summed E-state index contributed by atoms with van der Waals surface area (Å²) in [5, 5.41) is 10.7. The van der Waals surface area contributed by atoms with Crippen LogP contribution < -0.4 is 5.84 Å². The molecule has 0 aliphatic heterocycles. The van der Waals surface area contributed by atoms with Crippen LogP contribution in [0.1, 0.15) is 40.0 Å². The molecule has 0 heterocycles. The number of carbonyl (C=O) groups excluding carboxylic acids is 1. The molecule has 2 bridgehead atoms. The fourth-order valence-corrected chi connectivity index (χ4v) is 2.44. The third kappa shape index (κ3) is 1.59. The lowest BCUT2D eigenvalue weighted by molar-refractivity contribution is -0.260. The highest BCUT2D eigenvalue weighted by Gasteiger charge is 2.71. The zero-order valence-electron chi connectivity index (χ0n) is 9.41. The van der Waals surface area contributed by atoms with Crippen LogP contribution in [0.3, 0.4) is 0 Å². The average Bonchev–Trinajstić information content (AvgIpc) is 1.92. The van der Waals surface area contributed by atoms with Crippen LogP contribution in [0.4, 0.5) is 4.79 Å². The van der Waals surface area contributed by atoms with Crippen molar-refractivity contribution in [2.24, 2.45) is 5.84 Å². The van der Waals surface area contributed by atoms with Gasteiger partial charge in [-0.1, -0.05) is 0 Å². The maximum atomic E-state index is 11.6. The Labute approximate surface area is 89.2 Å². The number of hydrazine groups is 1. The first-order valence-corrected chi connectivity index (χ1v) is 5.16. The quantitative estimate of drug-likeness (QED) is 0.384. The van der Waals surface area contributed by atoms with Gasteiger partial charge in [0, 0.05) is 19.3 Å². The van der Waals surface area contributed by atoms with Crippen LogP contribution in [0.5, 0.6) is 0 Å². The van der Waals surface area contributed by atoms with E-state index in [4.69, 9.17) is 10.6 Å². The summed E-state index contributed by atoms with van der Waals surface area (Å²) < 4.78 is 5.16. The lowest BCUT2D eigenvalue weighted by atomic mass is 9.46. The van der Waals surface area contributed by atoms with Gasteiger partial charge in [-0.2, -0.15) is 0 Å². The number of amides is 1. The second-order valence-corrected chi connectivity index (χ2v) is 5.83. The van der Waals surface area contributed by atoms with Gasteiger partial charge in [-0.05, 0) is 20.8 Å². The van der Waals surface area contributed by atoms with Gasteiger partial charge in [-0.3, -0.25) is 0 Å². The van der Waals surface area contributed by atoms with Crippen molar-refractivity contribution < 1.29 is 14.6 Å². The second kappa shape index (κ2) is 2.65. The number of rotatable bonds is 1. The molecule has 3 aliphatic carbocycles. The molecule has 3 rings (SSSR count). The lowest BCUT2D eigenvalue weighted by Gasteiger charge is -2.69. The molecule has 3 fully saturated rings. The molecule has 0 saturated heterocycles. The molecule has 0 atom stereocenters. The molecule has 3 N–H and O–H groups in total. The van der Waals surface area contributed by atoms with Gasteiger partial charge in [-0.25, -0.2) is 15.6 Å². The number of aliphatic hydroxyl groups is 1. The summed E-state index contributed by atoms with van der Waals surface area (Å²) in [6.45, 7) is 5.40. The fraction of sp³-hybridized carbons (Fsp3) is 0.900. The molecular weight excluding hydrogens is 196 g/mol. The minimum Gasteiger partial charge on any atom is -0.443 e. The van der Waals surface area contributed by atoms with Crippen LogP contribution in [0.2, 0.25) is 0 Å². The van der Waals surface area contributed by atoms with E-state index in [-0.39, 0.29) is 5.54 Å². The summed E-state index contributed by atoms with van der Waals surface area (Å²) in [5.74, 6) is 5.71. The van der Waals surface area contributed by atoms with Crippen LogP contribution in [0.25, 0.3) is 0 Å². The molecule has 0 aromatic rings. The Morgan fingerprint density at radius 1 is 1.40 bits per heavy atom. The number of hydrogen-bond donors (Lipinski definition) is 2. The molecule has 0 radical (unpaired) electrons. The van der Waals surface area contributed by atoms with Gasteiger partial charge in [0.1, 0.15) is 5.60 Å². The Bertz CT molecular complexity index is 289. The average molecular weight is 214 g/mol. The van der Waals surface area contributed by atoms with Gasteiger partial charge in [0.25, 0.3) is 0 Å². The smallest absolute Gasteiger partial charge is 0.425 e. The molecule has 5 heteroatoms. The maximum absolute atomic E-state index is 11.6. The van der Waals surface area contributed by atoms with Crippen LogP contribution >= 0.6 is 0 Å². The maximum Gasteiger partial charge on any atom is 0.425 e. The number of nitrogens with two attached hydrogens (primary N) is 1. The lowest BCUT2D eigenvalue weighted by Crippen LogP contribution is -2.80. The van der Waals surface area contributed by atoms with Crippen LogP contribution in [0, 0.1) is 0 Å². The second-order valence-electron chi connectivity index (χ2n) is 5.83. The first-order chi connectivity index (χ1) is 6.66.